The summed E-state index contributed by atoms with van der Waals surface area (Å²) in [7, 11) is 0. The molecule has 2 N–H and O–H groups in total. The van der Waals surface area contributed by atoms with E-state index >= 15 is 4.39 Å². The van der Waals surface area contributed by atoms with E-state index < -0.39 is 35.5 Å². The SMILES string of the molecule is O=C1CCC(N2C(=O)c3cc(F)c(N4CCC(CNC(=O)C5CCOCC5)CC4)cc3C2=O)C(=O)N1. The summed E-state index contributed by atoms with van der Waals surface area (Å²) in [5.74, 6) is -2.81. The Hall–Kier alpha value is -3.34. The van der Waals surface area contributed by atoms with Crippen molar-refractivity contribution in [1.29, 1.82) is 0 Å². The van der Waals surface area contributed by atoms with Crippen LogP contribution in [0.5, 0.6) is 0 Å². The van der Waals surface area contributed by atoms with Gasteiger partial charge in [0.25, 0.3) is 11.8 Å². The molecule has 4 aliphatic rings. The predicted molar refractivity (Wildman–Crippen MR) is 125 cm³/mol. The Morgan fingerprint density at radius 3 is 2.33 bits per heavy atom. The fourth-order valence-corrected chi connectivity index (χ4v) is 5.45. The molecule has 5 rings (SSSR count). The number of carbonyl (C=O) groups excluding carboxylic acids is 5. The summed E-state index contributed by atoms with van der Waals surface area (Å²) in [6.45, 7) is 2.90. The third-order valence-corrected chi connectivity index (χ3v) is 7.62. The van der Waals surface area contributed by atoms with Crippen LogP contribution < -0.4 is 15.5 Å². The zero-order chi connectivity index (χ0) is 25.4. The average molecular weight is 501 g/mol. The molecular formula is C25H29FN4O6. The molecule has 3 fully saturated rings. The molecule has 1 unspecified atom stereocenters. The maximum atomic E-state index is 15.1. The lowest BCUT2D eigenvalue weighted by Crippen LogP contribution is -2.54. The van der Waals surface area contributed by atoms with E-state index in [1.807, 2.05) is 4.90 Å². The first-order chi connectivity index (χ1) is 17.3. The molecule has 3 saturated heterocycles. The number of imide groups is 2. The van der Waals surface area contributed by atoms with Gasteiger partial charge in [-0.2, -0.15) is 0 Å². The topological polar surface area (TPSA) is 125 Å². The molecule has 1 aromatic rings. The van der Waals surface area contributed by atoms with Gasteiger partial charge in [-0.05, 0) is 50.2 Å². The fourth-order valence-electron chi connectivity index (χ4n) is 5.45. The number of fused-ring (bicyclic) bond motifs is 1. The second-order valence-corrected chi connectivity index (χ2v) is 9.86. The Morgan fingerprint density at radius 2 is 1.67 bits per heavy atom. The summed E-state index contributed by atoms with van der Waals surface area (Å²) >= 11 is 0. The van der Waals surface area contributed by atoms with Gasteiger partial charge in [0.05, 0.1) is 16.8 Å². The van der Waals surface area contributed by atoms with E-state index in [2.05, 4.69) is 10.6 Å². The van der Waals surface area contributed by atoms with E-state index in [-0.39, 0.29) is 47.4 Å². The van der Waals surface area contributed by atoms with Crippen molar-refractivity contribution in [3.05, 3.63) is 29.1 Å². The minimum atomic E-state index is -1.09. The number of carbonyl (C=O) groups is 5. The Labute approximate surface area is 207 Å². The minimum Gasteiger partial charge on any atom is -0.381 e. The highest BCUT2D eigenvalue weighted by molar-refractivity contribution is 6.23. The van der Waals surface area contributed by atoms with Crippen LogP contribution in [0, 0.1) is 17.7 Å². The second kappa shape index (κ2) is 9.96. The molecule has 0 bridgehead atoms. The van der Waals surface area contributed by atoms with Gasteiger partial charge in [0.1, 0.15) is 11.9 Å². The zero-order valence-electron chi connectivity index (χ0n) is 19.9. The number of benzene rings is 1. The lowest BCUT2D eigenvalue weighted by Gasteiger charge is -2.34. The normalized spacial score (nSPS) is 23.6. The molecule has 1 atom stereocenters. The Balaban J connectivity index is 1.22. The van der Waals surface area contributed by atoms with E-state index in [1.54, 1.807) is 0 Å². The van der Waals surface area contributed by atoms with Gasteiger partial charge in [0, 0.05) is 45.2 Å². The number of piperidine rings is 2. The van der Waals surface area contributed by atoms with Gasteiger partial charge in [0.15, 0.2) is 0 Å². The van der Waals surface area contributed by atoms with Crippen molar-refractivity contribution in [2.45, 2.75) is 44.6 Å². The van der Waals surface area contributed by atoms with Gasteiger partial charge in [-0.15, -0.1) is 0 Å². The van der Waals surface area contributed by atoms with E-state index in [0.29, 0.717) is 32.8 Å². The van der Waals surface area contributed by atoms with E-state index in [9.17, 15) is 24.0 Å². The van der Waals surface area contributed by atoms with E-state index in [0.717, 1.165) is 36.6 Å². The monoisotopic (exact) mass is 500 g/mol. The number of ether oxygens (including phenoxy) is 1. The standard InChI is InChI=1S/C25H29FN4O6/c26-18-11-16-17(25(35)30(24(16)34)19-1-2-21(31)28-23(19)33)12-20(18)29-7-3-14(4-8-29)13-27-22(32)15-5-9-36-10-6-15/h11-12,14-15,19H,1-10,13H2,(H,27,32)(H,28,31,33). The second-order valence-electron chi connectivity index (χ2n) is 9.86. The van der Waals surface area contributed by atoms with Gasteiger partial charge >= 0.3 is 0 Å². The van der Waals surface area contributed by atoms with Crippen molar-refractivity contribution in [3.63, 3.8) is 0 Å². The Morgan fingerprint density at radius 1 is 1.00 bits per heavy atom. The summed E-state index contributed by atoms with van der Waals surface area (Å²) in [5, 5.41) is 5.20. The van der Waals surface area contributed by atoms with Gasteiger partial charge in [-0.25, -0.2) is 4.39 Å². The van der Waals surface area contributed by atoms with Crippen LogP contribution in [-0.4, -0.2) is 73.3 Å². The summed E-state index contributed by atoms with van der Waals surface area (Å²) < 4.78 is 20.4. The van der Waals surface area contributed by atoms with Crippen LogP contribution in [-0.2, 0) is 19.1 Å². The summed E-state index contributed by atoms with van der Waals surface area (Å²) in [4.78, 5) is 64.7. The van der Waals surface area contributed by atoms with Crippen LogP contribution in [0.25, 0.3) is 0 Å². The molecular weight excluding hydrogens is 471 g/mol. The van der Waals surface area contributed by atoms with Gasteiger partial charge in [-0.1, -0.05) is 0 Å². The molecule has 0 aliphatic carbocycles. The van der Waals surface area contributed by atoms with E-state index in [4.69, 9.17) is 4.74 Å². The number of hydrogen-bond donors (Lipinski definition) is 2. The first kappa shape index (κ1) is 24.4. The maximum Gasteiger partial charge on any atom is 0.262 e. The molecule has 4 heterocycles. The fraction of sp³-hybridized carbons (Fsp3) is 0.560. The zero-order valence-corrected chi connectivity index (χ0v) is 19.9. The average Bonchev–Trinajstić information content (AvgIpc) is 3.12. The first-order valence-electron chi connectivity index (χ1n) is 12.5. The molecule has 192 valence electrons. The van der Waals surface area contributed by atoms with Crippen molar-refractivity contribution in [2.24, 2.45) is 11.8 Å². The molecule has 5 amide bonds. The maximum absolute atomic E-state index is 15.1. The van der Waals surface area contributed by atoms with Gasteiger partial charge in [0.2, 0.25) is 17.7 Å². The highest BCUT2D eigenvalue weighted by atomic mass is 19.1. The molecule has 11 heteroatoms. The number of amides is 5. The van der Waals surface area contributed by atoms with Gasteiger partial charge < -0.3 is 15.0 Å². The first-order valence-corrected chi connectivity index (χ1v) is 12.5. The Bertz CT molecular complexity index is 1110. The molecule has 10 nitrogen and oxygen atoms in total. The summed E-state index contributed by atoms with van der Waals surface area (Å²) in [5.41, 5.74) is 0.230. The third-order valence-electron chi connectivity index (χ3n) is 7.62. The minimum absolute atomic E-state index is 0.000616. The van der Waals surface area contributed by atoms with Crippen LogP contribution in [0.15, 0.2) is 12.1 Å². The number of halogens is 1. The van der Waals surface area contributed by atoms with Crippen LogP contribution in [0.1, 0.15) is 59.2 Å². The number of nitrogens with zero attached hydrogens (tertiary/aromatic N) is 2. The van der Waals surface area contributed by atoms with Crippen LogP contribution in [0.4, 0.5) is 10.1 Å². The smallest absolute Gasteiger partial charge is 0.262 e. The lowest BCUT2D eigenvalue weighted by atomic mass is 9.94. The third kappa shape index (κ3) is 4.59. The quantitative estimate of drug-likeness (QED) is 0.578. The molecule has 0 saturated carbocycles. The molecule has 0 spiro atoms. The van der Waals surface area contributed by atoms with Crippen LogP contribution in [0.2, 0.25) is 0 Å². The molecule has 0 aromatic heterocycles. The number of nitrogens with one attached hydrogen (secondary N) is 2. The molecule has 1 aromatic carbocycles. The number of hydrogen-bond acceptors (Lipinski definition) is 7. The van der Waals surface area contributed by atoms with Crippen molar-refractivity contribution >= 4 is 35.2 Å². The van der Waals surface area contributed by atoms with E-state index in [1.165, 1.54) is 6.07 Å². The van der Waals surface area contributed by atoms with Gasteiger partial charge in [-0.3, -0.25) is 34.2 Å². The van der Waals surface area contributed by atoms with Crippen LogP contribution >= 0.6 is 0 Å². The largest absolute Gasteiger partial charge is 0.381 e. The predicted octanol–water partition coefficient (Wildman–Crippen LogP) is 0.986. The lowest BCUT2D eigenvalue weighted by molar-refractivity contribution is -0.136. The van der Waals surface area contributed by atoms with Crippen molar-refractivity contribution in [3.8, 4) is 0 Å². The van der Waals surface area contributed by atoms with Crippen molar-refractivity contribution in [2.75, 3.05) is 37.7 Å². The van der Waals surface area contributed by atoms with Crippen molar-refractivity contribution in [1.82, 2.24) is 15.5 Å². The highest BCUT2D eigenvalue weighted by Crippen LogP contribution is 2.34. The molecule has 36 heavy (non-hydrogen) atoms. The molecule has 0 radical (unpaired) electrons. The molecule has 4 aliphatic heterocycles. The van der Waals surface area contributed by atoms with Crippen molar-refractivity contribution < 1.29 is 33.1 Å². The van der Waals surface area contributed by atoms with Crippen LogP contribution in [0.3, 0.4) is 0 Å². The number of anilines is 1. The number of rotatable bonds is 5. The summed E-state index contributed by atoms with van der Waals surface area (Å²) in [6.07, 6.45) is 3.05. The summed E-state index contributed by atoms with van der Waals surface area (Å²) in [6, 6.07) is 1.37. The Kier molecular flexibility index (Phi) is 6.74. The highest BCUT2D eigenvalue weighted by Gasteiger charge is 2.45.